The number of hydrogen-bond acceptors (Lipinski definition) is 7. The van der Waals surface area contributed by atoms with Crippen molar-refractivity contribution in [2.75, 3.05) is 13.1 Å². The molecule has 3 saturated heterocycles. The van der Waals surface area contributed by atoms with Gasteiger partial charge in [-0.1, -0.05) is 45.0 Å². The number of pyridine rings is 1. The van der Waals surface area contributed by atoms with Crippen molar-refractivity contribution in [3.8, 4) is 0 Å². The maximum atomic E-state index is 12.5. The molecule has 7 fully saturated rings. The van der Waals surface area contributed by atoms with Gasteiger partial charge in [-0.15, -0.1) is 6.58 Å². The molecule has 15 atom stereocenters. The zero-order valence-corrected chi connectivity index (χ0v) is 33.0. The Labute approximate surface area is 317 Å². The highest BCUT2D eigenvalue weighted by Crippen LogP contribution is 2.69. The van der Waals surface area contributed by atoms with E-state index in [1.54, 1.807) is 6.92 Å². The van der Waals surface area contributed by atoms with E-state index < -0.39 is 6.10 Å². The quantitative estimate of drug-likeness (QED) is 0.204. The first kappa shape index (κ1) is 37.2. The molecule has 1 aromatic carbocycles. The van der Waals surface area contributed by atoms with Gasteiger partial charge in [0.2, 0.25) is 0 Å². The smallest absolute Gasteiger partial charge is 0.302 e. The number of para-hydroxylation sites is 1. The first-order chi connectivity index (χ1) is 25.4. The van der Waals surface area contributed by atoms with E-state index >= 15 is 0 Å². The van der Waals surface area contributed by atoms with Gasteiger partial charge in [-0.25, -0.2) is 0 Å². The molecule has 2 bridgehead atoms. The van der Waals surface area contributed by atoms with Crippen molar-refractivity contribution in [1.82, 2.24) is 9.88 Å². The first-order valence-electron chi connectivity index (χ1n) is 21.2. The van der Waals surface area contributed by atoms with Gasteiger partial charge in [-0.2, -0.15) is 0 Å². The molecule has 3 aliphatic heterocycles. The van der Waals surface area contributed by atoms with E-state index in [1.807, 2.05) is 0 Å². The number of carbonyl (C=O) groups is 2. The van der Waals surface area contributed by atoms with Crippen LogP contribution >= 0.6 is 0 Å². The molecule has 9 rings (SSSR count). The van der Waals surface area contributed by atoms with E-state index in [2.05, 4.69) is 68.7 Å². The number of fused-ring (bicyclic) bond motifs is 9. The van der Waals surface area contributed by atoms with E-state index in [9.17, 15) is 14.7 Å². The number of esters is 2. The van der Waals surface area contributed by atoms with Crippen LogP contribution in [0.1, 0.15) is 123 Å². The highest BCUT2D eigenvalue weighted by atomic mass is 16.5. The summed E-state index contributed by atoms with van der Waals surface area (Å²) in [4.78, 5) is 32.0. The van der Waals surface area contributed by atoms with Crippen molar-refractivity contribution < 1.29 is 24.2 Å². The topological polar surface area (TPSA) is 89.0 Å². The molecule has 4 heterocycles. The van der Waals surface area contributed by atoms with E-state index in [-0.39, 0.29) is 46.9 Å². The normalized spacial score (nSPS) is 41.4. The van der Waals surface area contributed by atoms with Gasteiger partial charge in [-0.05, 0) is 154 Å². The lowest BCUT2D eigenvalue weighted by molar-refractivity contribution is -0.197. The van der Waals surface area contributed by atoms with Crippen LogP contribution < -0.4 is 0 Å². The van der Waals surface area contributed by atoms with E-state index in [0.29, 0.717) is 41.4 Å². The van der Waals surface area contributed by atoms with Gasteiger partial charge in [0, 0.05) is 43.4 Å². The van der Waals surface area contributed by atoms with Crippen LogP contribution in [0.4, 0.5) is 0 Å². The number of carbonyl (C=O) groups excluding carboxylic acids is 2. The van der Waals surface area contributed by atoms with E-state index in [4.69, 9.17) is 14.5 Å². The summed E-state index contributed by atoms with van der Waals surface area (Å²) in [7, 11) is 0. The molecule has 1 aromatic heterocycles. The van der Waals surface area contributed by atoms with Crippen LogP contribution in [0.3, 0.4) is 0 Å². The third-order valence-electron chi connectivity index (χ3n) is 16.5. The van der Waals surface area contributed by atoms with E-state index in [1.165, 1.54) is 39.0 Å². The van der Waals surface area contributed by atoms with Gasteiger partial charge >= 0.3 is 11.9 Å². The van der Waals surface area contributed by atoms with Gasteiger partial charge in [0.15, 0.2) is 0 Å². The van der Waals surface area contributed by atoms with Crippen LogP contribution in [-0.4, -0.2) is 58.3 Å². The Hall–Kier alpha value is -2.77. The molecule has 1 N–H and O–H groups in total. The second kappa shape index (κ2) is 14.4. The summed E-state index contributed by atoms with van der Waals surface area (Å²) in [5, 5.41) is 13.1. The number of hydrogen-bond donors (Lipinski definition) is 1. The molecule has 7 nitrogen and oxygen atoms in total. The van der Waals surface area contributed by atoms with Gasteiger partial charge in [0.25, 0.3) is 0 Å². The lowest BCUT2D eigenvalue weighted by atomic mass is 9.43. The summed E-state index contributed by atoms with van der Waals surface area (Å²) in [5.74, 6) is 4.01. The summed E-state index contributed by atoms with van der Waals surface area (Å²) in [5.41, 5.74) is 3.51. The Morgan fingerprint density at radius 1 is 0.981 bits per heavy atom. The predicted octanol–water partition coefficient (Wildman–Crippen LogP) is 8.87. The maximum Gasteiger partial charge on any atom is 0.302 e. The number of rotatable bonds is 9. The summed E-state index contributed by atoms with van der Waals surface area (Å²) in [6.45, 7) is 16.8. The number of aromatic nitrogens is 1. The Kier molecular flexibility index (Phi) is 10.1. The molecule has 7 aliphatic rings. The minimum Gasteiger partial charge on any atom is -0.463 e. The van der Waals surface area contributed by atoms with E-state index in [0.717, 1.165) is 80.2 Å². The van der Waals surface area contributed by atoms with Crippen molar-refractivity contribution in [1.29, 1.82) is 0 Å². The third-order valence-corrected chi connectivity index (χ3v) is 16.5. The zero-order chi connectivity index (χ0) is 37.2. The lowest BCUT2D eigenvalue weighted by Gasteiger charge is -2.62. The van der Waals surface area contributed by atoms with Crippen LogP contribution in [0.15, 0.2) is 43.0 Å². The van der Waals surface area contributed by atoms with Crippen LogP contribution in [0.5, 0.6) is 0 Å². The molecule has 0 spiro atoms. The molecule has 2 aromatic rings. The monoisotopic (exact) mass is 724 g/mol. The average Bonchev–Trinajstić information content (AvgIpc) is 3.50. The highest BCUT2D eigenvalue weighted by molar-refractivity contribution is 5.82. The third kappa shape index (κ3) is 6.58. The highest BCUT2D eigenvalue weighted by Gasteiger charge is 2.63. The second-order valence-corrected chi connectivity index (χ2v) is 19.0. The second-order valence-electron chi connectivity index (χ2n) is 19.0. The fourth-order valence-electron chi connectivity index (χ4n) is 14.0. The van der Waals surface area contributed by atoms with Crippen LogP contribution in [0.25, 0.3) is 10.9 Å². The molecule has 4 aliphatic carbocycles. The number of aliphatic hydroxyl groups excluding tert-OH is 1. The minimum absolute atomic E-state index is 0.0765. The number of aryl methyl sites for hydroxylation is 1. The van der Waals surface area contributed by atoms with Crippen LogP contribution in [0.2, 0.25) is 0 Å². The van der Waals surface area contributed by atoms with Crippen molar-refractivity contribution in [3.63, 3.8) is 0 Å². The predicted molar refractivity (Wildman–Crippen MR) is 208 cm³/mol. The lowest BCUT2D eigenvalue weighted by Crippen LogP contribution is -2.59. The molecule has 0 radical (unpaired) electrons. The minimum atomic E-state index is -0.526. The standard InChI is InChI=1S/C46H64N2O5/c1-7-30-26-48-21-18-31(30)22-42(48)44(51)35-23-32(47-41-11-9-8-10-34(35)41)13-12-27(2)37-14-15-38-36-25-43(53-29(4)50)40-24-33(52-28(3)49)16-19-46(40,6)39(36)17-20-45(37,38)5/h7-11,23,27,30-31,33,36-40,42-44,51H,1,12-22,24-26H2,2-6H3/t27-,30+,31+,33-,36+,37-,38+,39+,40+,42+,43+,44-,45-,46-/m1/s1. The summed E-state index contributed by atoms with van der Waals surface area (Å²) in [6.07, 6.45) is 14.4. The molecule has 288 valence electrons. The Bertz CT molecular complexity index is 1710. The van der Waals surface area contributed by atoms with Crippen molar-refractivity contribution in [2.24, 2.45) is 58.2 Å². The molecular formula is C46H64N2O5. The molecular weight excluding hydrogens is 661 g/mol. The number of ether oxygens (including phenoxy) is 2. The molecule has 53 heavy (non-hydrogen) atoms. The Morgan fingerprint density at radius 3 is 2.47 bits per heavy atom. The molecule has 1 unspecified atom stereocenters. The molecule has 7 heteroatoms. The fraction of sp³-hybridized carbons (Fsp3) is 0.717. The van der Waals surface area contributed by atoms with Gasteiger partial charge in [0.05, 0.1) is 11.6 Å². The number of aliphatic hydroxyl groups is 1. The van der Waals surface area contributed by atoms with Gasteiger partial charge in [-0.3, -0.25) is 19.5 Å². The van der Waals surface area contributed by atoms with Gasteiger partial charge in [0.1, 0.15) is 12.2 Å². The van der Waals surface area contributed by atoms with Crippen molar-refractivity contribution >= 4 is 22.8 Å². The fourth-order valence-corrected chi connectivity index (χ4v) is 14.0. The van der Waals surface area contributed by atoms with Gasteiger partial charge < -0.3 is 14.6 Å². The SMILES string of the molecule is C=C[C@H]1CN2CC[C@H]1C[C@H]2[C@H](O)c1cc(CC[C@@H](C)[C@H]2CC[C@H]3[C@@H]4C[C@H](OC(C)=O)[C@@H]5C[C@H](OC(C)=O)CC[C@]5(C)[C@H]4CC[C@]23C)nc2ccccc12. The maximum absolute atomic E-state index is 12.5. The largest absolute Gasteiger partial charge is 0.463 e. The first-order valence-corrected chi connectivity index (χ1v) is 21.2. The summed E-state index contributed by atoms with van der Waals surface area (Å²) >= 11 is 0. The molecule has 0 amide bonds. The van der Waals surface area contributed by atoms with Crippen LogP contribution in [0, 0.1) is 58.2 Å². The summed E-state index contributed by atoms with van der Waals surface area (Å²) < 4.78 is 11.9. The number of nitrogens with zero attached hydrogens (tertiary/aromatic N) is 2. The van der Waals surface area contributed by atoms with Crippen LogP contribution in [-0.2, 0) is 25.5 Å². The molecule has 4 saturated carbocycles. The Balaban J connectivity index is 0.982. The number of benzene rings is 1. The van der Waals surface area contributed by atoms with Crippen molar-refractivity contribution in [2.45, 2.75) is 136 Å². The Morgan fingerprint density at radius 2 is 1.74 bits per heavy atom. The van der Waals surface area contributed by atoms with Crippen molar-refractivity contribution in [3.05, 3.63) is 54.2 Å². The zero-order valence-electron chi connectivity index (χ0n) is 33.0. The average molecular weight is 725 g/mol. The summed E-state index contributed by atoms with van der Waals surface area (Å²) in [6, 6.07) is 10.8. The number of piperidine rings is 3.